The van der Waals surface area contributed by atoms with Crippen LogP contribution >= 0.6 is 0 Å². The lowest BCUT2D eigenvalue weighted by atomic mass is 9.99. The minimum absolute atomic E-state index is 0.292. The first-order valence-corrected chi connectivity index (χ1v) is 8.03. The third kappa shape index (κ3) is 6.03. The van der Waals surface area contributed by atoms with Gasteiger partial charge >= 0.3 is 24.2 Å². The minimum Gasteiger partial charge on any atom is -0.373 e. The van der Waals surface area contributed by atoms with Crippen molar-refractivity contribution >= 4 is 0 Å². The summed E-state index contributed by atoms with van der Waals surface area (Å²) in [5.74, 6) is -10.9. The van der Waals surface area contributed by atoms with Gasteiger partial charge in [-0.1, -0.05) is 0 Å². The molecule has 0 aromatic rings. The van der Waals surface area contributed by atoms with Gasteiger partial charge in [-0.2, -0.15) is 26.3 Å². The van der Waals surface area contributed by atoms with E-state index in [1.165, 1.54) is 0 Å². The maximum Gasteiger partial charge on any atom is 0.425 e. The van der Waals surface area contributed by atoms with E-state index in [4.69, 9.17) is 0 Å². The average molecular weight is 458 g/mol. The number of hydrogen-bond donors (Lipinski definition) is 0. The van der Waals surface area contributed by atoms with Gasteiger partial charge < -0.3 is 14.2 Å². The fourth-order valence-corrected chi connectivity index (χ4v) is 2.45. The van der Waals surface area contributed by atoms with Crippen LogP contribution in [0.15, 0.2) is 0 Å². The second kappa shape index (κ2) is 7.94. The molecule has 172 valence electrons. The highest BCUT2D eigenvalue weighted by Gasteiger charge is 2.66. The van der Waals surface area contributed by atoms with Gasteiger partial charge in [0.2, 0.25) is 0 Å². The highest BCUT2D eigenvalue weighted by molar-refractivity contribution is 4.98. The summed E-state index contributed by atoms with van der Waals surface area (Å²) in [5, 5.41) is 0. The van der Waals surface area contributed by atoms with Crippen molar-refractivity contribution < 1.29 is 66.9 Å². The van der Waals surface area contributed by atoms with Gasteiger partial charge in [0, 0.05) is 12.8 Å². The van der Waals surface area contributed by atoms with E-state index < -0.39 is 73.8 Å². The first-order chi connectivity index (χ1) is 13.0. The molecular formula is C14H14F12O3. The van der Waals surface area contributed by atoms with Crippen LogP contribution < -0.4 is 0 Å². The van der Waals surface area contributed by atoms with Gasteiger partial charge in [0.25, 0.3) is 12.3 Å². The first kappa shape index (κ1) is 24.3. The summed E-state index contributed by atoms with van der Waals surface area (Å²) in [4.78, 5) is 0. The molecule has 2 rings (SSSR count). The molecule has 15 heteroatoms. The van der Waals surface area contributed by atoms with Gasteiger partial charge in [0.1, 0.15) is 12.2 Å². The highest BCUT2D eigenvalue weighted by Crippen LogP contribution is 2.45. The first-order valence-electron chi connectivity index (χ1n) is 8.03. The topological polar surface area (TPSA) is 34.3 Å². The SMILES string of the molecule is FC(C(F)(F)F)C(F)(F)C(CC1CO1)OC(CC1CO1)C(F)(F)C(F)C(F)(F)F. The Balaban J connectivity index is 2.30. The predicted octanol–water partition coefficient (Wildman–Crippen LogP) is 4.39. The summed E-state index contributed by atoms with van der Waals surface area (Å²) in [6, 6.07) is 0. The molecule has 3 nitrogen and oxygen atoms in total. The molecule has 2 saturated heterocycles. The molecule has 0 saturated carbocycles. The lowest BCUT2D eigenvalue weighted by Crippen LogP contribution is -2.56. The van der Waals surface area contributed by atoms with E-state index in [1.54, 1.807) is 0 Å². The van der Waals surface area contributed by atoms with Gasteiger partial charge in [-0.3, -0.25) is 0 Å². The number of rotatable bonds is 10. The zero-order valence-electron chi connectivity index (χ0n) is 14.1. The number of ether oxygens (including phenoxy) is 3. The fourth-order valence-electron chi connectivity index (χ4n) is 2.45. The van der Waals surface area contributed by atoms with E-state index in [9.17, 15) is 52.7 Å². The van der Waals surface area contributed by atoms with E-state index in [1.807, 2.05) is 0 Å². The van der Waals surface area contributed by atoms with Crippen molar-refractivity contribution in [3.63, 3.8) is 0 Å². The maximum atomic E-state index is 14.0. The molecular weight excluding hydrogens is 444 g/mol. The molecule has 2 aliphatic rings. The minimum atomic E-state index is -6.12. The van der Waals surface area contributed by atoms with Crippen molar-refractivity contribution in [3.05, 3.63) is 0 Å². The van der Waals surface area contributed by atoms with Crippen LogP contribution in [0.2, 0.25) is 0 Å². The molecule has 0 bridgehead atoms. The van der Waals surface area contributed by atoms with E-state index in [2.05, 4.69) is 14.2 Å². The Kier molecular flexibility index (Phi) is 6.66. The zero-order chi connectivity index (χ0) is 22.4. The lowest BCUT2D eigenvalue weighted by molar-refractivity contribution is -0.309. The van der Waals surface area contributed by atoms with Gasteiger partial charge in [0.05, 0.1) is 25.4 Å². The van der Waals surface area contributed by atoms with E-state index in [-0.39, 0.29) is 13.2 Å². The number of halogens is 12. The maximum absolute atomic E-state index is 14.0. The standard InChI is InChI=1S/C14H14F12O3/c15-9(13(21,22)23)11(17,18)7(1-5-3-27-5)29-8(2-6-4-28-6)12(19,20)10(16)14(24,25)26/h5-10H,1-4H2. The van der Waals surface area contributed by atoms with Crippen molar-refractivity contribution in [2.75, 3.05) is 13.2 Å². The molecule has 2 fully saturated rings. The summed E-state index contributed by atoms with van der Waals surface area (Å²) in [5.41, 5.74) is 0. The van der Waals surface area contributed by atoms with Gasteiger partial charge in [0.15, 0.2) is 0 Å². The Bertz CT molecular complexity index is 507. The van der Waals surface area contributed by atoms with Crippen LogP contribution in [0.1, 0.15) is 12.8 Å². The van der Waals surface area contributed by atoms with Gasteiger partial charge in [-0.25, -0.2) is 26.3 Å². The molecule has 0 aliphatic carbocycles. The number of epoxide rings is 2. The molecule has 29 heavy (non-hydrogen) atoms. The third-order valence-corrected chi connectivity index (χ3v) is 4.20. The molecule has 0 aromatic heterocycles. The van der Waals surface area contributed by atoms with Crippen LogP contribution in [-0.4, -0.2) is 74.2 Å². The molecule has 0 N–H and O–H groups in total. The van der Waals surface area contributed by atoms with Crippen LogP contribution in [0, 0.1) is 0 Å². The van der Waals surface area contributed by atoms with Gasteiger partial charge in [-0.15, -0.1) is 0 Å². The Labute approximate surface area is 155 Å². The Morgan fingerprint density at radius 2 is 0.931 bits per heavy atom. The van der Waals surface area contributed by atoms with Crippen LogP contribution in [0.25, 0.3) is 0 Å². The molecule has 0 radical (unpaired) electrons. The van der Waals surface area contributed by atoms with Crippen molar-refractivity contribution in [2.45, 2.75) is 73.8 Å². The lowest BCUT2D eigenvalue weighted by Gasteiger charge is -2.36. The Morgan fingerprint density at radius 1 is 0.655 bits per heavy atom. The average Bonchev–Trinajstić information content (AvgIpc) is 3.45. The monoisotopic (exact) mass is 458 g/mol. The summed E-state index contributed by atoms with van der Waals surface area (Å²) in [6.45, 7) is -0.583. The summed E-state index contributed by atoms with van der Waals surface area (Å²) >= 11 is 0. The van der Waals surface area contributed by atoms with Crippen molar-refractivity contribution in [1.29, 1.82) is 0 Å². The Morgan fingerprint density at radius 3 is 1.14 bits per heavy atom. The van der Waals surface area contributed by atoms with Crippen molar-refractivity contribution in [3.8, 4) is 0 Å². The molecule has 0 aromatic carbocycles. The van der Waals surface area contributed by atoms with Crippen LogP contribution in [-0.2, 0) is 14.2 Å². The van der Waals surface area contributed by atoms with E-state index in [0.29, 0.717) is 0 Å². The molecule has 2 heterocycles. The largest absolute Gasteiger partial charge is 0.425 e. The summed E-state index contributed by atoms with van der Waals surface area (Å²) < 4.78 is 170. The van der Waals surface area contributed by atoms with Crippen LogP contribution in [0.4, 0.5) is 52.7 Å². The second-order valence-corrected chi connectivity index (χ2v) is 6.65. The van der Waals surface area contributed by atoms with Crippen LogP contribution in [0.3, 0.4) is 0 Å². The van der Waals surface area contributed by atoms with Gasteiger partial charge in [-0.05, 0) is 0 Å². The third-order valence-electron chi connectivity index (χ3n) is 4.20. The zero-order valence-corrected chi connectivity index (χ0v) is 14.1. The summed E-state index contributed by atoms with van der Waals surface area (Å²) in [6.07, 6.45) is -33.4. The Hall–Kier alpha value is -0.960. The molecule has 6 unspecified atom stereocenters. The number of alkyl halides is 12. The molecule has 2 aliphatic heterocycles. The van der Waals surface area contributed by atoms with Crippen molar-refractivity contribution in [1.82, 2.24) is 0 Å². The van der Waals surface area contributed by atoms with E-state index in [0.717, 1.165) is 0 Å². The molecule has 0 spiro atoms. The highest BCUT2D eigenvalue weighted by atomic mass is 19.4. The smallest absolute Gasteiger partial charge is 0.373 e. The molecule has 0 amide bonds. The predicted molar refractivity (Wildman–Crippen MR) is 69.2 cm³/mol. The number of hydrogen-bond acceptors (Lipinski definition) is 3. The summed E-state index contributed by atoms with van der Waals surface area (Å²) in [7, 11) is 0. The molecule has 6 atom stereocenters. The second-order valence-electron chi connectivity index (χ2n) is 6.65. The van der Waals surface area contributed by atoms with Crippen molar-refractivity contribution in [2.24, 2.45) is 0 Å². The van der Waals surface area contributed by atoms with Crippen LogP contribution in [0.5, 0.6) is 0 Å². The fraction of sp³-hybridized carbons (Fsp3) is 1.00. The normalized spacial score (nSPS) is 27.3. The quantitative estimate of drug-likeness (QED) is 0.360. The van der Waals surface area contributed by atoms with E-state index >= 15 is 0 Å².